The van der Waals surface area contributed by atoms with E-state index in [2.05, 4.69) is 20.5 Å². The molecular weight excluding hydrogens is 388 g/mol. The highest BCUT2D eigenvalue weighted by Crippen LogP contribution is 2.23. The van der Waals surface area contributed by atoms with Crippen LogP contribution in [0.1, 0.15) is 18.7 Å². The number of fused-ring (bicyclic) bond motifs is 1. The maximum atomic E-state index is 12.0. The highest BCUT2D eigenvalue weighted by Gasteiger charge is 2.10. The van der Waals surface area contributed by atoms with Gasteiger partial charge in [0.2, 0.25) is 17.7 Å². The second kappa shape index (κ2) is 9.29. The molecule has 0 aliphatic heterocycles. The van der Waals surface area contributed by atoms with Gasteiger partial charge in [-0.2, -0.15) is 11.3 Å². The molecule has 0 bridgehead atoms. The maximum Gasteiger partial charge on any atom is 0.248 e. The van der Waals surface area contributed by atoms with Gasteiger partial charge in [-0.05, 0) is 30.0 Å². The third-order valence-corrected chi connectivity index (χ3v) is 4.98. The Morgan fingerprint density at radius 2 is 2.10 bits per heavy atom. The minimum absolute atomic E-state index is 0.0490. The fraction of sp³-hybridized carbons (Fsp3) is 0.238. The number of aromatic nitrogens is 3. The normalized spacial score (nSPS) is 10.9. The van der Waals surface area contributed by atoms with Crippen LogP contribution in [0.2, 0.25) is 0 Å². The number of ether oxygens (including phenoxy) is 1. The number of benzene rings is 1. The smallest absolute Gasteiger partial charge is 0.248 e. The molecule has 1 N–H and O–H groups in total. The average molecular weight is 408 g/mol. The van der Waals surface area contributed by atoms with Gasteiger partial charge in [0.15, 0.2) is 0 Å². The van der Waals surface area contributed by atoms with Crippen LogP contribution in [-0.2, 0) is 11.2 Å². The van der Waals surface area contributed by atoms with Crippen LogP contribution in [0.15, 0.2) is 57.8 Å². The van der Waals surface area contributed by atoms with Crippen LogP contribution in [0, 0.1) is 0 Å². The Kier molecular flexibility index (Phi) is 6.11. The van der Waals surface area contributed by atoms with Crippen LogP contribution in [0.25, 0.3) is 22.4 Å². The molecule has 0 unspecified atom stereocenters. The predicted octanol–water partition coefficient (Wildman–Crippen LogP) is 3.86. The molecule has 0 radical (unpaired) electrons. The van der Waals surface area contributed by atoms with Gasteiger partial charge < -0.3 is 14.5 Å². The third kappa shape index (κ3) is 4.97. The minimum Gasteiger partial charge on any atom is -0.491 e. The van der Waals surface area contributed by atoms with Gasteiger partial charge in [0.25, 0.3) is 0 Å². The van der Waals surface area contributed by atoms with Crippen molar-refractivity contribution < 1.29 is 13.9 Å². The van der Waals surface area contributed by atoms with Gasteiger partial charge in [-0.15, -0.1) is 10.2 Å². The number of thiophene rings is 1. The van der Waals surface area contributed by atoms with Crippen molar-refractivity contribution in [2.45, 2.75) is 19.3 Å². The van der Waals surface area contributed by atoms with Crippen molar-refractivity contribution in [2.75, 3.05) is 13.2 Å². The minimum atomic E-state index is -0.0490. The summed E-state index contributed by atoms with van der Waals surface area (Å²) in [5, 5.41) is 15.8. The number of amides is 1. The Hall–Kier alpha value is -3.26. The van der Waals surface area contributed by atoms with E-state index < -0.39 is 0 Å². The lowest BCUT2D eigenvalue weighted by Crippen LogP contribution is -2.25. The first-order valence-electron chi connectivity index (χ1n) is 9.38. The number of hydrogen-bond donors (Lipinski definition) is 1. The molecule has 0 aliphatic carbocycles. The molecule has 0 saturated heterocycles. The number of para-hydroxylation sites is 1. The van der Waals surface area contributed by atoms with Crippen LogP contribution in [-0.4, -0.2) is 34.2 Å². The standard InChI is InChI=1S/C21H20N4O3S/c26-18(7-8-19-24-25-21(28-19)16-9-13-29-14-16)22-11-3-12-27-17-6-1-4-15-5-2-10-23-20(15)17/h1-2,4-6,9-10,13-14H,3,7-8,11-12H2,(H,22,26). The zero-order chi connectivity index (χ0) is 19.9. The lowest BCUT2D eigenvalue weighted by atomic mass is 10.2. The third-order valence-electron chi connectivity index (χ3n) is 4.30. The molecule has 0 aliphatic rings. The molecule has 8 heteroatoms. The monoisotopic (exact) mass is 408 g/mol. The molecule has 0 saturated carbocycles. The molecule has 148 valence electrons. The lowest BCUT2D eigenvalue weighted by Gasteiger charge is -2.09. The number of pyridine rings is 1. The Labute approximate surface area is 171 Å². The van der Waals surface area contributed by atoms with E-state index in [1.165, 1.54) is 0 Å². The van der Waals surface area contributed by atoms with Crippen molar-refractivity contribution in [3.63, 3.8) is 0 Å². The summed E-state index contributed by atoms with van der Waals surface area (Å²) in [6, 6.07) is 11.7. The quantitative estimate of drug-likeness (QED) is 0.423. The Morgan fingerprint density at radius 3 is 3.00 bits per heavy atom. The number of hydrogen-bond acceptors (Lipinski definition) is 7. The van der Waals surface area contributed by atoms with E-state index in [9.17, 15) is 4.79 Å². The molecule has 0 atom stereocenters. The number of nitrogens with zero attached hydrogens (tertiary/aromatic N) is 3. The van der Waals surface area contributed by atoms with Crippen LogP contribution < -0.4 is 10.1 Å². The van der Waals surface area contributed by atoms with Gasteiger partial charge in [-0.3, -0.25) is 9.78 Å². The predicted molar refractivity (Wildman–Crippen MR) is 111 cm³/mol. The van der Waals surface area contributed by atoms with Gasteiger partial charge in [0, 0.05) is 41.9 Å². The molecule has 0 spiro atoms. The number of carbonyl (C=O) groups is 1. The van der Waals surface area contributed by atoms with Gasteiger partial charge in [-0.25, -0.2) is 0 Å². The molecular formula is C21H20N4O3S. The first-order valence-corrected chi connectivity index (χ1v) is 10.3. The topological polar surface area (TPSA) is 90.1 Å². The molecule has 4 aromatic rings. The first-order chi connectivity index (χ1) is 14.3. The van der Waals surface area contributed by atoms with E-state index in [1.54, 1.807) is 17.5 Å². The van der Waals surface area contributed by atoms with E-state index in [0.29, 0.717) is 44.2 Å². The van der Waals surface area contributed by atoms with Crippen molar-refractivity contribution >= 4 is 28.1 Å². The first kappa shape index (κ1) is 19.1. The van der Waals surface area contributed by atoms with Crippen LogP contribution in [0.4, 0.5) is 0 Å². The largest absolute Gasteiger partial charge is 0.491 e. The maximum absolute atomic E-state index is 12.0. The van der Waals surface area contributed by atoms with E-state index in [-0.39, 0.29) is 5.91 Å². The van der Waals surface area contributed by atoms with E-state index in [0.717, 1.165) is 22.2 Å². The summed E-state index contributed by atoms with van der Waals surface area (Å²) in [5.74, 6) is 1.66. The van der Waals surface area contributed by atoms with Gasteiger partial charge in [0.05, 0.1) is 6.61 Å². The number of nitrogens with one attached hydrogen (secondary N) is 1. The van der Waals surface area contributed by atoms with Crippen molar-refractivity contribution in [1.29, 1.82) is 0 Å². The van der Waals surface area contributed by atoms with Crippen molar-refractivity contribution in [3.8, 4) is 17.2 Å². The van der Waals surface area contributed by atoms with Gasteiger partial charge >= 0.3 is 0 Å². The van der Waals surface area contributed by atoms with Crippen molar-refractivity contribution in [3.05, 3.63) is 59.2 Å². The Morgan fingerprint density at radius 1 is 1.17 bits per heavy atom. The molecule has 3 aromatic heterocycles. The fourth-order valence-corrected chi connectivity index (χ4v) is 3.47. The number of rotatable bonds is 9. The van der Waals surface area contributed by atoms with Crippen molar-refractivity contribution in [1.82, 2.24) is 20.5 Å². The van der Waals surface area contributed by atoms with Gasteiger partial charge in [0.1, 0.15) is 11.3 Å². The summed E-state index contributed by atoms with van der Waals surface area (Å²) in [4.78, 5) is 16.4. The summed E-state index contributed by atoms with van der Waals surface area (Å²) in [7, 11) is 0. The van der Waals surface area contributed by atoms with Crippen molar-refractivity contribution in [2.24, 2.45) is 0 Å². The van der Waals surface area contributed by atoms with E-state index >= 15 is 0 Å². The summed E-state index contributed by atoms with van der Waals surface area (Å²) >= 11 is 1.57. The molecule has 29 heavy (non-hydrogen) atoms. The van der Waals surface area contributed by atoms with Crippen LogP contribution >= 0.6 is 11.3 Å². The summed E-state index contributed by atoms with van der Waals surface area (Å²) in [6.45, 7) is 1.05. The number of carbonyl (C=O) groups excluding carboxylic acids is 1. The molecule has 1 aromatic carbocycles. The van der Waals surface area contributed by atoms with Crippen LogP contribution in [0.5, 0.6) is 5.75 Å². The highest BCUT2D eigenvalue weighted by atomic mass is 32.1. The number of aryl methyl sites for hydroxylation is 1. The summed E-state index contributed by atoms with van der Waals surface area (Å²) in [5.41, 5.74) is 1.75. The SMILES string of the molecule is O=C(CCc1nnc(-c2ccsc2)o1)NCCCOc1cccc2cccnc12. The molecule has 4 rings (SSSR count). The molecule has 3 heterocycles. The second-order valence-corrected chi connectivity index (χ2v) is 7.18. The molecule has 1 amide bonds. The van der Waals surface area contributed by atoms with Crippen LogP contribution in [0.3, 0.4) is 0 Å². The second-order valence-electron chi connectivity index (χ2n) is 6.40. The van der Waals surface area contributed by atoms with E-state index in [1.807, 2.05) is 47.2 Å². The zero-order valence-electron chi connectivity index (χ0n) is 15.7. The molecule has 7 nitrogen and oxygen atoms in total. The zero-order valence-corrected chi connectivity index (χ0v) is 16.5. The summed E-state index contributed by atoms with van der Waals surface area (Å²) in [6.07, 6.45) is 3.18. The lowest BCUT2D eigenvalue weighted by molar-refractivity contribution is -0.121. The average Bonchev–Trinajstić information content (AvgIpc) is 3.44. The highest BCUT2D eigenvalue weighted by molar-refractivity contribution is 7.08. The summed E-state index contributed by atoms with van der Waals surface area (Å²) < 4.78 is 11.4. The van der Waals surface area contributed by atoms with Gasteiger partial charge in [-0.1, -0.05) is 18.2 Å². The Bertz CT molecular complexity index is 1070. The van der Waals surface area contributed by atoms with E-state index in [4.69, 9.17) is 9.15 Å². The Balaban J connectivity index is 1.16. The molecule has 0 fully saturated rings. The fourth-order valence-electron chi connectivity index (χ4n) is 2.84.